The van der Waals surface area contributed by atoms with Crippen molar-refractivity contribution in [3.63, 3.8) is 0 Å². The van der Waals surface area contributed by atoms with Crippen molar-refractivity contribution < 1.29 is 4.92 Å². The van der Waals surface area contributed by atoms with Gasteiger partial charge in [0.15, 0.2) is 0 Å². The topological polar surface area (TPSA) is 68.1 Å². The molecule has 0 aliphatic rings. The first-order valence-electron chi connectivity index (χ1n) is 6.66. The van der Waals surface area contributed by atoms with Gasteiger partial charge in [-0.25, -0.2) is 0 Å². The van der Waals surface area contributed by atoms with Gasteiger partial charge in [-0.05, 0) is 39.3 Å². The van der Waals surface area contributed by atoms with E-state index in [4.69, 9.17) is 0 Å². The Morgan fingerprint density at radius 2 is 2.05 bits per heavy atom. The zero-order chi connectivity index (χ0) is 14.9. The van der Waals surface area contributed by atoms with E-state index in [2.05, 4.69) is 31.1 Å². The monoisotopic (exact) mass is 273 g/mol. The Bertz CT molecular complexity index is 665. The van der Waals surface area contributed by atoms with Crippen LogP contribution in [0.15, 0.2) is 24.4 Å². The molecule has 0 atom stereocenters. The predicted molar refractivity (Wildman–Crippen MR) is 81.1 cm³/mol. The summed E-state index contributed by atoms with van der Waals surface area (Å²) in [4.78, 5) is 14.9. The number of nitro benzene ring substituents is 1. The van der Waals surface area contributed by atoms with Crippen molar-refractivity contribution in [2.24, 2.45) is 0 Å². The van der Waals surface area contributed by atoms with Crippen LogP contribution in [0.4, 0.5) is 11.4 Å². The van der Waals surface area contributed by atoms with E-state index >= 15 is 0 Å². The molecular weight excluding hydrogens is 254 g/mol. The minimum Gasteiger partial charge on any atom is -0.380 e. The molecule has 0 unspecified atom stereocenters. The van der Waals surface area contributed by atoms with Gasteiger partial charge >= 0.3 is 0 Å². The van der Waals surface area contributed by atoms with E-state index in [9.17, 15) is 10.1 Å². The Morgan fingerprint density at radius 1 is 1.35 bits per heavy atom. The van der Waals surface area contributed by atoms with Crippen molar-refractivity contribution in [2.45, 2.75) is 39.7 Å². The van der Waals surface area contributed by atoms with E-state index in [0.717, 1.165) is 23.2 Å². The Kier molecular flexibility index (Phi) is 3.61. The third-order valence-corrected chi connectivity index (χ3v) is 3.57. The Morgan fingerprint density at radius 3 is 2.65 bits per heavy atom. The second kappa shape index (κ2) is 5.07. The lowest BCUT2D eigenvalue weighted by Gasteiger charge is -2.26. The highest BCUT2D eigenvalue weighted by atomic mass is 16.6. The lowest BCUT2D eigenvalue weighted by Crippen LogP contribution is -2.29. The summed E-state index contributed by atoms with van der Waals surface area (Å²) in [6.07, 6.45) is 2.53. The van der Waals surface area contributed by atoms with Gasteiger partial charge in [-0.15, -0.1) is 0 Å². The van der Waals surface area contributed by atoms with E-state index in [0.29, 0.717) is 5.39 Å². The second-order valence-corrected chi connectivity index (χ2v) is 5.62. The predicted octanol–water partition coefficient (Wildman–Crippen LogP) is 4.05. The van der Waals surface area contributed by atoms with Gasteiger partial charge < -0.3 is 5.32 Å². The number of nitrogens with zero attached hydrogens (tertiary/aromatic N) is 2. The molecule has 1 N–H and O–H groups in total. The van der Waals surface area contributed by atoms with Gasteiger partial charge in [0.2, 0.25) is 0 Å². The fraction of sp³-hybridized carbons (Fsp3) is 0.400. The van der Waals surface area contributed by atoms with E-state index in [1.54, 1.807) is 12.3 Å². The van der Waals surface area contributed by atoms with E-state index < -0.39 is 0 Å². The number of pyridine rings is 1. The molecule has 0 fully saturated rings. The molecule has 1 heterocycles. The fourth-order valence-electron chi connectivity index (χ4n) is 2.05. The number of rotatable bonds is 4. The molecule has 0 bridgehead atoms. The molecular formula is C15H19N3O2. The maximum absolute atomic E-state index is 11.1. The molecule has 0 aliphatic heterocycles. The van der Waals surface area contributed by atoms with Crippen LogP contribution in [0.2, 0.25) is 0 Å². The van der Waals surface area contributed by atoms with Crippen molar-refractivity contribution in [1.82, 2.24) is 4.98 Å². The second-order valence-electron chi connectivity index (χ2n) is 5.62. The number of fused-ring (bicyclic) bond motifs is 1. The average Bonchev–Trinajstić information content (AvgIpc) is 2.38. The Labute approximate surface area is 118 Å². The lowest BCUT2D eigenvalue weighted by molar-refractivity contribution is -0.383. The lowest BCUT2D eigenvalue weighted by atomic mass is 10.00. The van der Waals surface area contributed by atoms with Crippen LogP contribution < -0.4 is 5.32 Å². The summed E-state index contributed by atoms with van der Waals surface area (Å²) < 4.78 is 0. The molecule has 0 spiro atoms. The molecule has 0 amide bonds. The summed E-state index contributed by atoms with van der Waals surface area (Å²) in [5.41, 5.74) is 1.77. The van der Waals surface area contributed by atoms with E-state index in [1.807, 2.05) is 13.0 Å². The molecule has 5 nitrogen and oxygen atoms in total. The minimum atomic E-state index is -0.367. The first-order valence-corrected chi connectivity index (χ1v) is 6.66. The number of hydrogen-bond donors (Lipinski definition) is 1. The number of non-ortho nitro benzene ring substituents is 1. The van der Waals surface area contributed by atoms with Gasteiger partial charge in [-0.1, -0.05) is 6.92 Å². The summed E-state index contributed by atoms with van der Waals surface area (Å²) in [6, 6.07) is 5.20. The largest absolute Gasteiger partial charge is 0.380 e. The van der Waals surface area contributed by atoms with E-state index in [-0.39, 0.29) is 16.1 Å². The quantitative estimate of drug-likeness (QED) is 0.674. The molecule has 2 aromatic rings. The van der Waals surface area contributed by atoms with Crippen LogP contribution in [0.5, 0.6) is 0 Å². The van der Waals surface area contributed by atoms with Crippen molar-refractivity contribution in [3.05, 3.63) is 40.2 Å². The number of aryl methyl sites for hydroxylation is 1. The number of aromatic nitrogens is 1. The fourth-order valence-corrected chi connectivity index (χ4v) is 2.05. The summed E-state index contributed by atoms with van der Waals surface area (Å²) in [5, 5.41) is 16.0. The van der Waals surface area contributed by atoms with Crippen LogP contribution in [0.3, 0.4) is 0 Å². The highest BCUT2D eigenvalue weighted by molar-refractivity contribution is 5.99. The summed E-state index contributed by atoms with van der Waals surface area (Å²) in [7, 11) is 0. The van der Waals surface area contributed by atoms with Crippen molar-refractivity contribution >= 4 is 22.1 Å². The highest BCUT2D eigenvalue weighted by Crippen LogP contribution is 2.33. The average molecular weight is 273 g/mol. The third-order valence-electron chi connectivity index (χ3n) is 3.57. The highest BCUT2D eigenvalue weighted by Gasteiger charge is 2.19. The molecule has 106 valence electrons. The molecule has 0 aliphatic carbocycles. The first-order chi connectivity index (χ1) is 9.34. The van der Waals surface area contributed by atoms with Crippen LogP contribution in [0, 0.1) is 17.0 Å². The summed E-state index contributed by atoms with van der Waals surface area (Å²) in [5.74, 6) is 0. The number of nitro groups is 1. The Balaban J connectivity index is 2.65. The van der Waals surface area contributed by atoms with Crippen molar-refractivity contribution in [2.75, 3.05) is 5.32 Å². The van der Waals surface area contributed by atoms with Gasteiger partial charge in [0.05, 0.1) is 10.3 Å². The zero-order valence-electron chi connectivity index (χ0n) is 12.2. The van der Waals surface area contributed by atoms with Crippen molar-refractivity contribution in [1.29, 1.82) is 0 Å². The van der Waals surface area contributed by atoms with Gasteiger partial charge in [-0.3, -0.25) is 15.1 Å². The number of hydrogen-bond acceptors (Lipinski definition) is 4. The molecule has 0 saturated heterocycles. The summed E-state index contributed by atoms with van der Waals surface area (Å²) in [6.45, 7) is 8.20. The maximum Gasteiger partial charge on any atom is 0.278 e. The van der Waals surface area contributed by atoms with Crippen LogP contribution in [0.1, 0.15) is 32.9 Å². The number of anilines is 1. The smallest absolute Gasteiger partial charge is 0.278 e. The SMILES string of the molecule is CCC(C)(C)Nc1ccc([N+](=O)[O-])c2cnc(C)cc12. The van der Waals surface area contributed by atoms with Crippen LogP contribution in [0.25, 0.3) is 10.8 Å². The van der Waals surface area contributed by atoms with E-state index in [1.165, 1.54) is 6.07 Å². The first kappa shape index (κ1) is 14.2. The Hall–Kier alpha value is -2.17. The number of nitrogens with one attached hydrogen (secondary N) is 1. The molecule has 5 heteroatoms. The zero-order valence-corrected chi connectivity index (χ0v) is 12.2. The van der Waals surface area contributed by atoms with Gasteiger partial charge in [-0.2, -0.15) is 0 Å². The molecule has 2 rings (SSSR count). The van der Waals surface area contributed by atoms with Gasteiger partial charge in [0.25, 0.3) is 5.69 Å². The van der Waals surface area contributed by atoms with Crippen LogP contribution in [-0.4, -0.2) is 15.4 Å². The normalized spacial score (nSPS) is 11.6. The molecule has 1 aromatic heterocycles. The maximum atomic E-state index is 11.1. The van der Waals surface area contributed by atoms with Gasteiger partial charge in [0.1, 0.15) is 0 Å². The van der Waals surface area contributed by atoms with Crippen LogP contribution >= 0.6 is 0 Å². The molecule has 1 aromatic carbocycles. The van der Waals surface area contributed by atoms with Gasteiger partial charge in [0, 0.05) is 34.6 Å². The summed E-state index contributed by atoms with van der Waals surface area (Å²) >= 11 is 0. The number of benzene rings is 1. The molecule has 20 heavy (non-hydrogen) atoms. The standard InChI is InChI=1S/C15H19N3O2/c1-5-15(3,4)17-13-6-7-14(18(19)20)12-9-16-10(2)8-11(12)13/h6-9,17H,5H2,1-4H3. The molecule has 0 radical (unpaired) electrons. The minimum absolute atomic E-state index is 0.0692. The third kappa shape index (κ3) is 2.71. The van der Waals surface area contributed by atoms with Crippen LogP contribution in [-0.2, 0) is 0 Å². The van der Waals surface area contributed by atoms with Crippen molar-refractivity contribution in [3.8, 4) is 0 Å². The molecule has 0 saturated carbocycles.